The number of nitrogens with two attached hydrogens (primary N) is 1. The zero-order valence-electron chi connectivity index (χ0n) is 12.2. The summed E-state index contributed by atoms with van der Waals surface area (Å²) in [5.74, 6) is -0.389. The van der Waals surface area contributed by atoms with E-state index in [9.17, 15) is 4.79 Å². The Balaban J connectivity index is 1.73. The molecule has 0 saturated heterocycles. The Morgan fingerprint density at radius 1 is 1.21 bits per heavy atom. The van der Waals surface area contributed by atoms with Crippen LogP contribution >= 0.6 is 34.5 Å². The van der Waals surface area contributed by atoms with Gasteiger partial charge in [-0.1, -0.05) is 23.2 Å². The monoisotopic (exact) mass is 379 g/mol. The molecule has 0 aliphatic carbocycles. The fourth-order valence-electron chi connectivity index (χ4n) is 1.99. The summed E-state index contributed by atoms with van der Waals surface area (Å²) in [6.07, 6.45) is 5.07. The molecule has 0 saturated carbocycles. The lowest BCUT2D eigenvalue weighted by Gasteiger charge is -2.03. The summed E-state index contributed by atoms with van der Waals surface area (Å²) >= 11 is 13.5. The molecule has 2 aromatic heterocycles. The van der Waals surface area contributed by atoms with Crippen LogP contribution in [0.25, 0.3) is 0 Å². The topological polar surface area (TPSA) is 93.8 Å². The van der Waals surface area contributed by atoms with Crippen LogP contribution in [0.3, 0.4) is 0 Å². The Bertz CT molecular complexity index is 899. The summed E-state index contributed by atoms with van der Waals surface area (Å²) in [6, 6.07) is 5.29. The van der Waals surface area contributed by atoms with E-state index in [0.29, 0.717) is 21.6 Å². The maximum absolute atomic E-state index is 12.1. The van der Waals surface area contributed by atoms with Crippen LogP contribution < -0.4 is 11.1 Å². The molecule has 0 spiro atoms. The zero-order chi connectivity index (χ0) is 17.1. The third-order valence-electron chi connectivity index (χ3n) is 3.09. The van der Waals surface area contributed by atoms with E-state index in [1.54, 1.807) is 18.3 Å². The van der Waals surface area contributed by atoms with E-state index in [2.05, 4.69) is 20.3 Å². The van der Waals surface area contributed by atoms with Gasteiger partial charge in [0.2, 0.25) is 0 Å². The van der Waals surface area contributed by atoms with Crippen molar-refractivity contribution in [2.45, 2.75) is 6.42 Å². The highest BCUT2D eigenvalue weighted by Gasteiger charge is 2.14. The van der Waals surface area contributed by atoms with Gasteiger partial charge >= 0.3 is 0 Å². The number of rotatable bonds is 4. The zero-order valence-corrected chi connectivity index (χ0v) is 14.5. The van der Waals surface area contributed by atoms with Crippen molar-refractivity contribution in [1.82, 2.24) is 15.0 Å². The molecule has 0 fully saturated rings. The number of hydrogen-bond donors (Lipinski definition) is 2. The minimum Gasteiger partial charge on any atom is -0.382 e. The predicted molar refractivity (Wildman–Crippen MR) is 95.8 cm³/mol. The van der Waals surface area contributed by atoms with Gasteiger partial charge in [-0.15, -0.1) is 11.3 Å². The van der Waals surface area contributed by atoms with Gasteiger partial charge in [-0.25, -0.2) is 15.0 Å². The number of benzene rings is 1. The molecule has 122 valence electrons. The molecular formula is C15H11Cl2N5OS. The number of nitrogen functional groups attached to an aromatic ring is 1. The molecule has 9 heteroatoms. The molecule has 3 N–H and O–H groups in total. The molecule has 1 amide bonds. The average molecular weight is 380 g/mol. The molecule has 0 aliphatic rings. The fourth-order valence-corrected chi connectivity index (χ4v) is 3.20. The van der Waals surface area contributed by atoms with Crippen molar-refractivity contribution in [1.29, 1.82) is 0 Å². The number of anilines is 2. The third-order valence-corrected chi connectivity index (χ3v) is 4.60. The highest BCUT2D eigenvalue weighted by Crippen LogP contribution is 2.27. The number of hydrogen-bond acceptors (Lipinski definition) is 6. The molecule has 1 aromatic carbocycles. The number of thiazole rings is 1. The Morgan fingerprint density at radius 3 is 2.79 bits per heavy atom. The second kappa shape index (κ2) is 7.12. The van der Waals surface area contributed by atoms with Crippen LogP contribution in [0.2, 0.25) is 10.0 Å². The van der Waals surface area contributed by atoms with Crippen molar-refractivity contribution in [2.24, 2.45) is 0 Å². The third kappa shape index (κ3) is 3.81. The lowest BCUT2D eigenvalue weighted by atomic mass is 10.1. The van der Waals surface area contributed by atoms with Crippen molar-refractivity contribution in [3.63, 3.8) is 0 Å². The second-order valence-electron chi connectivity index (χ2n) is 4.79. The maximum Gasteiger partial charge on any atom is 0.279 e. The van der Waals surface area contributed by atoms with Crippen molar-refractivity contribution >= 4 is 51.4 Å². The molecule has 2 heterocycles. The van der Waals surface area contributed by atoms with Crippen molar-refractivity contribution in [2.75, 3.05) is 11.1 Å². The number of nitrogens with one attached hydrogen (secondary N) is 1. The van der Waals surface area contributed by atoms with Crippen LogP contribution in [-0.2, 0) is 6.42 Å². The molecule has 0 atom stereocenters. The highest BCUT2D eigenvalue weighted by molar-refractivity contribution is 7.15. The number of amides is 1. The predicted octanol–water partition coefficient (Wildman–Crippen LogP) is 3.67. The minimum absolute atomic E-state index is 0.0622. The van der Waals surface area contributed by atoms with E-state index in [-0.39, 0.29) is 11.5 Å². The lowest BCUT2D eigenvalue weighted by Crippen LogP contribution is -2.16. The quantitative estimate of drug-likeness (QED) is 0.720. The van der Waals surface area contributed by atoms with Gasteiger partial charge in [-0.05, 0) is 23.8 Å². The SMILES string of the molecule is Nc1nccnc1C(=O)Nc1ncc(Cc2cc(Cl)ccc2Cl)s1. The van der Waals surface area contributed by atoms with E-state index in [1.165, 1.54) is 23.7 Å². The lowest BCUT2D eigenvalue weighted by molar-refractivity contribution is 0.102. The fraction of sp³-hybridized carbons (Fsp3) is 0.0667. The van der Waals surface area contributed by atoms with Gasteiger partial charge in [0, 0.05) is 39.9 Å². The average Bonchev–Trinajstić information content (AvgIpc) is 2.98. The van der Waals surface area contributed by atoms with Crippen molar-refractivity contribution < 1.29 is 4.79 Å². The number of carbonyl (C=O) groups is 1. The van der Waals surface area contributed by atoms with Crippen LogP contribution in [0.15, 0.2) is 36.8 Å². The largest absolute Gasteiger partial charge is 0.382 e. The van der Waals surface area contributed by atoms with Gasteiger partial charge in [0.15, 0.2) is 16.6 Å². The Labute approximate surface area is 151 Å². The molecule has 0 aliphatic heterocycles. The first kappa shape index (κ1) is 16.6. The van der Waals surface area contributed by atoms with Crippen LogP contribution in [0.1, 0.15) is 20.9 Å². The van der Waals surface area contributed by atoms with E-state index in [4.69, 9.17) is 28.9 Å². The highest BCUT2D eigenvalue weighted by atomic mass is 35.5. The summed E-state index contributed by atoms with van der Waals surface area (Å²) < 4.78 is 0. The molecule has 0 unspecified atom stereocenters. The summed E-state index contributed by atoms with van der Waals surface area (Å²) in [4.78, 5) is 25.0. The van der Waals surface area contributed by atoms with Crippen LogP contribution in [0, 0.1) is 0 Å². The Morgan fingerprint density at radius 2 is 2.00 bits per heavy atom. The molecule has 3 rings (SSSR count). The van der Waals surface area contributed by atoms with Crippen LogP contribution in [-0.4, -0.2) is 20.9 Å². The summed E-state index contributed by atoms with van der Waals surface area (Å²) in [5.41, 5.74) is 6.59. The van der Waals surface area contributed by atoms with Crippen LogP contribution in [0.5, 0.6) is 0 Å². The van der Waals surface area contributed by atoms with Gasteiger partial charge in [0.1, 0.15) is 0 Å². The molecule has 6 nitrogen and oxygen atoms in total. The Kier molecular flexibility index (Phi) is 4.94. The van der Waals surface area contributed by atoms with Gasteiger partial charge in [-0.2, -0.15) is 0 Å². The Hall–Kier alpha value is -2.22. The smallest absolute Gasteiger partial charge is 0.279 e. The molecular weight excluding hydrogens is 369 g/mol. The molecule has 24 heavy (non-hydrogen) atoms. The second-order valence-corrected chi connectivity index (χ2v) is 6.75. The van der Waals surface area contributed by atoms with Gasteiger partial charge in [0.25, 0.3) is 5.91 Å². The van der Waals surface area contributed by atoms with Gasteiger partial charge < -0.3 is 5.73 Å². The maximum atomic E-state index is 12.1. The normalized spacial score (nSPS) is 10.6. The molecule has 3 aromatic rings. The summed E-state index contributed by atoms with van der Waals surface area (Å²) in [6.45, 7) is 0. The van der Waals surface area contributed by atoms with Gasteiger partial charge in [0.05, 0.1) is 0 Å². The van der Waals surface area contributed by atoms with E-state index >= 15 is 0 Å². The van der Waals surface area contributed by atoms with E-state index < -0.39 is 5.91 Å². The number of halogens is 2. The summed E-state index contributed by atoms with van der Waals surface area (Å²) in [7, 11) is 0. The minimum atomic E-state index is -0.456. The number of carbonyl (C=O) groups excluding carboxylic acids is 1. The number of nitrogens with zero attached hydrogens (tertiary/aromatic N) is 3. The first-order valence-corrected chi connectivity index (χ1v) is 8.36. The van der Waals surface area contributed by atoms with Crippen LogP contribution in [0.4, 0.5) is 10.9 Å². The molecule has 0 radical (unpaired) electrons. The van der Waals surface area contributed by atoms with E-state index in [1.807, 2.05) is 6.07 Å². The van der Waals surface area contributed by atoms with E-state index in [0.717, 1.165) is 10.4 Å². The van der Waals surface area contributed by atoms with Gasteiger partial charge in [-0.3, -0.25) is 10.1 Å². The first-order valence-electron chi connectivity index (χ1n) is 6.79. The number of aromatic nitrogens is 3. The van der Waals surface area contributed by atoms with Crippen molar-refractivity contribution in [3.05, 3.63) is 63.0 Å². The standard InChI is InChI=1S/C15H11Cl2N5OS/c16-9-1-2-11(17)8(5-9)6-10-7-21-15(24-10)22-14(23)12-13(18)20-4-3-19-12/h1-5,7H,6H2,(H2,18,20)(H,21,22,23). The van der Waals surface area contributed by atoms with Crippen molar-refractivity contribution in [3.8, 4) is 0 Å². The summed E-state index contributed by atoms with van der Waals surface area (Å²) in [5, 5.41) is 4.35. The first-order chi connectivity index (χ1) is 11.5. The molecule has 0 bridgehead atoms.